The van der Waals surface area contributed by atoms with Crippen molar-refractivity contribution in [1.82, 2.24) is 0 Å². The summed E-state index contributed by atoms with van der Waals surface area (Å²) in [6.07, 6.45) is 4.90. The van der Waals surface area contributed by atoms with Gasteiger partial charge in [-0.1, -0.05) is 6.42 Å². The van der Waals surface area contributed by atoms with Crippen LogP contribution < -0.4 is 14.8 Å². The molecule has 1 aromatic rings. The lowest BCUT2D eigenvalue weighted by Crippen LogP contribution is -2.17. The summed E-state index contributed by atoms with van der Waals surface area (Å²) in [7, 11) is 3.09. The minimum absolute atomic E-state index is 0.234. The van der Waals surface area contributed by atoms with Crippen molar-refractivity contribution in [3.05, 3.63) is 29.3 Å². The first-order valence-corrected chi connectivity index (χ1v) is 7.35. The number of allylic oxidation sites excluding steroid dienone is 1. The molecular formula is C17H20N2O3. The third-order valence-corrected chi connectivity index (χ3v) is 3.81. The van der Waals surface area contributed by atoms with Crippen molar-refractivity contribution in [2.45, 2.75) is 32.1 Å². The molecule has 0 aliphatic heterocycles. The van der Waals surface area contributed by atoms with Gasteiger partial charge in [-0.2, -0.15) is 5.26 Å². The van der Waals surface area contributed by atoms with Crippen LogP contribution in [0.3, 0.4) is 0 Å². The van der Waals surface area contributed by atoms with E-state index in [0.717, 1.165) is 37.7 Å². The van der Waals surface area contributed by atoms with Crippen molar-refractivity contribution in [2.24, 2.45) is 0 Å². The molecule has 1 fully saturated rings. The highest BCUT2D eigenvalue weighted by Gasteiger charge is 2.19. The molecule has 1 saturated carbocycles. The standard InChI is InChI=1S/C17H20N2O3/c1-21-13-8-9-15(16(10-13)22-2)19-17(20)14(11-18)12-6-4-3-5-7-12/h8-10H,3-7H2,1-2H3,(H,19,20). The molecule has 1 aromatic carbocycles. The first kappa shape index (κ1) is 15.9. The molecule has 116 valence electrons. The van der Waals surface area contributed by atoms with Gasteiger partial charge in [0, 0.05) is 6.07 Å². The number of nitrogens with one attached hydrogen (secondary N) is 1. The van der Waals surface area contributed by atoms with E-state index in [1.807, 2.05) is 0 Å². The summed E-state index contributed by atoms with van der Waals surface area (Å²) in [6.45, 7) is 0. The fourth-order valence-corrected chi connectivity index (χ4v) is 2.61. The summed E-state index contributed by atoms with van der Waals surface area (Å²) < 4.78 is 10.4. The lowest BCUT2D eigenvalue weighted by Gasteiger charge is -2.16. The molecular weight excluding hydrogens is 280 g/mol. The van der Waals surface area contributed by atoms with E-state index in [1.165, 1.54) is 7.11 Å². The van der Waals surface area contributed by atoms with E-state index in [9.17, 15) is 10.1 Å². The van der Waals surface area contributed by atoms with E-state index in [-0.39, 0.29) is 11.5 Å². The summed E-state index contributed by atoms with van der Waals surface area (Å²) >= 11 is 0. The van der Waals surface area contributed by atoms with Gasteiger partial charge in [0.15, 0.2) is 0 Å². The molecule has 1 aliphatic carbocycles. The van der Waals surface area contributed by atoms with Gasteiger partial charge in [0.25, 0.3) is 5.91 Å². The average Bonchev–Trinajstić information content (AvgIpc) is 2.57. The number of ether oxygens (including phenoxy) is 2. The van der Waals surface area contributed by atoms with Gasteiger partial charge in [0.1, 0.15) is 23.1 Å². The molecule has 0 spiro atoms. The Morgan fingerprint density at radius 1 is 1.18 bits per heavy atom. The van der Waals surface area contributed by atoms with Gasteiger partial charge in [-0.3, -0.25) is 4.79 Å². The van der Waals surface area contributed by atoms with Crippen molar-refractivity contribution in [1.29, 1.82) is 5.26 Å². The average molecular weight is 300 g/mol. The van der Waals surface area contributed by atoms with Crippen molar-refractivity contribution < 1.29 is 14.3 Å². The molecule has 5 heteroatoms. The van der Waals surface area contributed by atoms with Crippen LogP contribution in [-0.4, -0.2) is 20.1 Å². The third kappa shape index (κ3) is 3.59. The van der Waals surface area contributed by atoms with Crippen LogP contribution in [0.15, 0.2) is 29.3 Å². The number of hydrogen-bond donors (Lipinski definition) is 1. The van der Waals surface area contributed by atoms with Crippen LogP contribution in [-0.2, 0) is 4.79 Å². The van der Waals surface area contributed by atoms with Gasteiger partial charge >= 0.3 is 0 Å². The van der Waals surface area contributed by atoms with Crippen molar-refractivity contribution in [2.75, 3.05) is 19.5 Å². The first-order chi connectivity index (χ1) is 10.7. The van der Waals surface area contributed by atoms with Crippen LogP contribution in [0, 0.1) is 11.3 Å². The van der Waals surface area contributed by atoms with E-state index in [4.69, 9.17) is 9.47 Å². The number of amides is 1. The fourth-order valence-electron chi connectivity index (χ4n) is 2.61. The second-order valence-electron chi connectivity index (χ2n) is 5.17. The molecule has 0 bridgehead atoms. The number of rotatable bonds is 4. The van der Waals surface area contributed by atoms with Crippen LogP contribution >= 0.6 is 0 Å². The van der Waals surface area contributed by atoms with Gasteiger partial charge in [-0.05, 0) is 43.4 Å². The number of nitrogens with zero attached hydrogens (tertiary/aromatic N) is 1. The monoisotopic (exact) mass is 300 g/mol. The third-order valence-electron chi connectivity index (χ3n) is 3.81. The molecule has 0 aromatic heterocycles. The number of benzene rings is 1. The molecule has 1 N–H and O–H groups in total. The second-order valence-corrected chi connectivity index (χ2v) is 5.17. The lowest BCUT2D eigenvalue weighted by atomic mass is 9.91. The van der Waals surface area contributed by atoms with Crippen LogP contribution in [0.4, 0.5) is 5.69 Å². The summed E-state index contributed by atoms with van der Waals surface area (Å²) in [5.41, 5.74) is 1.72. The van der Waals surface area contributed by atoms with Gasteiger partial charge in [0.05, 0.1) is 19.9 Å². The maximum Gasteiger partial charge on any atom is 0.266 e. The molecule has 2 rings (SSSR count). The maximum atomic E-state index is 12.4. The predicted octanol–water partition coefficient (Wildman–Crippen LogP) is 3.43. The Morgan fingerprint density at radius 2 is 1.91 bits per heavy atom. The molecule has 0 unspecified atom stereocenters. The van der Waals surface area contributed by atoms with Gasteiger partial charge in [-0.25, -0.2) is 0 Å². The summed E-state index contributed by atoms with van der Waals surface area (Å²) in [6, 6.07) is 7.18. The second kappa shape index (κ2) is 7.51. The molecule has 0 saturated heterocycles. The smallest absolute Gasteiger partial charge is 0.266 e. The van der Waals surface area contributed by atoms with Gasteiger partial charge < -0.3 is 14.8 Å². The number of hydrogen-bond acceptors (Lipinski definition) is 4. The largest absolute Gasteiger partial charge is 0.497 e. The Hall–Kier alpha value is -2.48. The molecule has 0 heterocycles. The minimum atomic E-state index is -0.372. The zero-order valence-corrected chi connectivity index (χ0v) is 12.9. The minimum Gasteiger partial charge on any atom is -0.497 e. The Labute approximate surface area is 130 Å². The first-order valence-electron chi connectivity index (χ1n) is 7.35. The van der Waals surface area contributed by atoms with E-state index >= 15 is 0 Å². The number of nitriles is 1. The van der Waals surface area contributed by atoms with Crippen LogP contribution in [0.1, 0.15) is 32.1 Å². The molecule has 22 heavy (non-hydrogen) atoms. The fraction of sp³-hybridized carbons (Fsp3) is 0.412. The summed E-state index contributed by atoms with van der Waals surface area (Å²) in [4.78, 5) is 12.4. The van der Waals surface area contributed by atoms with E-state index in [2.05, 4.69) is 11.4 Å². The highest BCUT2D eigenvalue weighted by molar-refractivity contribution is 6.07. The van der Waals surface area contributed by atoms with Crippen molar-refractivity contribution in [3.63, 3.8) is 0 Å². The van der Waals surface area contributed by atoms with E-state index in [1.54, 1.807) is 25.3 Å². The Kier molecular flexibility index (Phi) is 5.42. The summed E-state index contributed by atoms with van der Waals surface area (Å²) in [5.74, 6) is 0.766. The number of anilines is 1. The Morgan fingerprint density at radius 3 is 2.50 bits per heavy atom. The zero-order valence-electron chi connectivity index (χ0n) is 12.9. The lowest BCUT2D eigenvalue weighted by molar-refractivity contribution is -0.112. The van der Waals surface area contributed by atoms with E-state index < -0.39 is 0 Å². The Balaban J connectivity index is 2.22. The molecule has 0 radical (unpaired) electrons. The number of carbonyl (C=O) groups is 1. The topological polar surface area (TPSA) is 71.3 Å². The number of carbonyl (C=O) groups excluding carboxylic acids is 1. The normalized spacial score (nSPS) is 14.0. The molecule has 1 aliphatic rings. The maximum absolute atomic E-state index is 12.4. The van der Waals surface area contributed by atoms with Crippen LogP contribution in [0.25, 0.3) is 0 Å². The van der Waals surface area contributed by atoms with Crippen LogP contribution in [0.2, 0.25) is 0 Å². The SMILES string of the molecule is COc1ccc(NC(=O)C(C#N)=C2CCCCC2)c(OC)c1. The quantitative estimate of drug-likeness (QED) is 0.683. The highest BCUT2D eigenvalue weighted by atomic mass is 16.5. The van der Waals surface area contributed by atoms with Crippen molar-refractivity contribution >= 4 is 11.6 Å². The molecule has 1 amide bonds. The zero-order chi connectivity index (χ0) is 15.9. The Bertz CT molecular complexity index is 621. The molecule has 0 atom stereocenters. The van der Waals surface area contributed by atoms with Crippen LogP contribution in [0.5, 0.6) is 11.5 Å². The van der Waals surface area contributed by atoms with Crippen molar-refractivity contribution in [3.8, 4) is 17.6 Å². The van der Waals surface area contributed by atoms with Gasteiger partial charge in [-0.15, -0.1) is 0 Å². The predicted molar refractivity (Wildman–Crippen MR) is 83.9 cm³/mol. The molecule has 5 nitrogen and oxygen atoms in total. The highest BCUT2D eigenvalue weighted by Crippen LogP contribution is 2.30. The van der Waals surface area contributed by atoms with Gasteiger partial charge in [0.2, 0.25) is 0 Å². The summed E-state index contributed by atoms with van der Waals surface area (Å²) in [5, 5.41) is 12.1. The van der Waals surface area contributed by atoms with E-state index in [0.29, 0.717) is 17.2 Å². The number of methoxy groups -OCH3 is 2.